The zero-order valence-electron chi connectivity index (χ0n) is 10.9. The highest BCUT2D eigenvalue weighted by molar-refractivity contribution is 6.41. The van der Waals surface area contributed by atoms with Crippen molar-refractivity contribution < 1.29 is 4.74 Å². The predicted molar refractivity (Wildman–Crippen MR) is 86.6 cm³/mol. The minimum Gasteiger partial charge on any atom is -0.497 e. The standard InChI is InChI=1S/C15H9Cl3N2O/c1-21-10-4-2-3-8(5-10)15-19-13-11(14(18)20-15)6-9(16)7-12(13)17/h2-7H,1H3. The highest BCUT2D eigenvalue weighted by Crippen LogP contribution is 2.32. The number of methoxy groups -OCH3 is 1. The van der Waals surface area contributed by atoms with Gasteiger partial charge in [0.05, 0.1) is 17.6 Å². The van der Waals surface area contributed by atoms with Crippen molar-refractivity contribution in [3.8, 4) is 17.1 Å². The SMILES string of the molecule is COc1cccc(-c2nc(Cl)c3cc(Cl)cc(Cl)c3n2)c1. The number of nitrogens with zero attached hydrogens (tertiary/aromatic N) is 2. The third-order valence-electron chi connectivity index (χ3n) is 3.00. The summed E-state index contributed by atoms with van der Waals surface area (Å²) < 4.78 is 5.20. The first kappa shape index (κ1) is 14.4. The average Bonchev–Trinajstić information content (AvgIpc) is 2.48. The Bertz CT molecular complexity index is 837. The van der Waals surface area contributed by atoms with Gasteiger partial charge in [0, 0.05) is 16.0 Å². The van der Waals surface area contributed by atoms with E-state index in [4.69, 9.17) is 39.5 Å². The number of rotatable bonds is 2. The number of hydrogen-bond donors (Lipinski definition) is 0. The summed E-state index contributed by atoms with van der Waals surface area (Å²) in [4.78, 5) is 8.79. The van der Waals surface area contributed by atoms with E-state index in [9.17, 15) is 0 Å². The molecule has 0 fully saturated rings. The summed E-state index contributed by atoms with van der Waals surface area (Å²) in [5, 5.41) is 1.86. The quantitative estimate of drug-likeness (QED) is 0.597. The summed E-state index contributed by atoms with van der Waals surface area (Å²) >= 11 is 18.4. The third kappa shape index (κ3) is 2.77. The van der Waals surface area contributed by atoms with Crippen LogP contribution in [-0.2, 0) is 0 Å². The predicted octanol–water partition coefficient (Wildman–Crippen LogP) is 5.27. The molecule has 21 heavy (non-hydrogen) atoms. The summed E-state index contributed by atoms with van der Waals surface area (Å²) in [6.07, 6.45) is 0. The number of benzene rings is 2. The molecule has 0 saturated heterocycles. The molecule has 2 aromatic carbocycles. The maximum atomic E-state index is 6.23. The largest absolute Gasteiger partial charge is 0.497 e. The fourth-order valence-electron chi connectivity index (χ4n) is 2.01. The van der Waals surface area contributed by atoms with Crippen LogP contribution in [0.5, 0.6) is 5.75 Å². The van der Waals surface area contributed by atoms with E-state index >= 15 is 0 Å². The van der Waals surface area contributed by atoms with Crippen molar-refractivity contribution in [1.82, 2.24) is 9.97 Å². The summed E-state index contributed by atoms with van der Waals surface area (Å²) in [6, 6.07) is 10.7. The van der Waals surface area contributed by atoms with E-state index in [1.54, 1.807) is 19.2 Å². The fraction of sp³-hybridized carbons (Fsp3) is 0.0667. The fourth-order valence-corrected chi connectivity index (χ4v) is 2.77. The van der Waals surface area contributed by atoms with E-state index in [-0.39, 0.29) is 0 Å². The lowest BCUT2D eigenvalue weighted by atomic mass is 10.2. The Balaban J connectivity index is 2.24. The molecule has 1 heterocycles. The van der Waals surface area contributed by atoms with E-state index in [0.717, 1.165) is 11.3 Å². The second kappa shape index (κ2) is 5.68. The Hall–Kier alpha value is -1.55. The molecular formula is C15H9Cl3N2O. The van der Waals surface area contributed by atoms with Gasteiger partial charge in [-0.3, -0.25) is 0 Å². The Morgan fingerprint density at radius 3 is 2.57 bits per heavy atom. The number of ether oxygens (including phenoxy) is 1. The number of hydrogen-bond acceptors (Lipinski definition) is 3. The molecule has 0 bridgehead atoms. The van der Waals surface area contributed by atoms with Crippen LogP contribution in [0.2, 0.25) is 15.2 Å². The Morgan fingerprint density at radius 2 is 1.81 bits per heavy atom. The molecule has 0 atom stereocenters. The molecule has 3 aromatic rings. The number of aromatic nitrogens is 2. The van der Waals surface area contributed by atoms with Crippen LogP contribution in [-0.4, -0.2) is 17.1 Å². The smallest absolute Gasteiger partial charge is 0.161 e. The molecule has 1 aromatic heterocycles. The van der Waals surface area contributed by atoms with Crippen LogP contribution < -0.4 is 4.74 Å². The molecule has 0 unspecified atom stereocenters. The van der Waals surface area contributed by atoms with Crippen LogP contribution in [0.4, 0.5) is 0 Å². The molecular weight excluding hydrogens is 331 g/mol. The molecule has 6 heteroatoms. The molecule has 0 amide bonds. The van der Waals surface area contributed by atoms with Gasteiger partial charge in [-0.1, -0.05) is 46.9 Å². The zero-order valence-corrected chi connectivity index (χ0v) is 13.2. The summed E-state index contributed by atoms with van der Waals surface area (Å²) in [6.45, 7) is 0. The third-order valence-corrected chi connectivity index (χ3v) is 3.79. The van der Waals surface area contributed by atoms with Crippen LogP contribution in [0, 0.1) is 0 Å². The summed E-state index contributed by atoms with van der Waals surface area (Å²) in [5.41, 5.74) is 1.36. The molecule has 0 radical (unpaired) electrons. The van der Waals surface area contributed by atoms with Gasteiger partial charge in [0.1, 0.15) is 10.9 Å². The molecule has 0 spiro atoms. The van der Waals surface area contributed by atoms with Gasteiger partial charge >= 0.3 is 0 Å². The Labute approximate surface area is 136 Å². The topological polar surface area (TPSA) is 35.0 Å². The second-order valence-corrected chi connectivity index (χ2v) is 5.56. The molecule has 106 valence electrons. The van der Waals surface area contributed by atoms with E-state index < -0.39 is 0 Å². The van der Waals surface area contributed by atoms with Crippen molar-refractivity contribution in [1.29, 1.82) is 0 Å². The highest BCUT2D eigenvalue weighted by atomic mass is 35.5. The molecule has 0 aliphatic rings. The highest BCUT2D eigenvalue weighted by Gasteiger charge is 2.12. The zero-order chi connectivity index (χ0) is 15.0. The molecule has 0 aliphatic heterocycles. The van der Waals surface area contributed by atoms with Crippen molar-refractivity contribution in [2.45, 2.75) is 0 Å². The van der Waals surface area contributed by atoms with Crippen molar-refractivity contribution in [3.05, 3.63) is 51.6 Å². The maximum absolute atomic E-state index is 6.23. The monoisotopic (exact) mass is 338 g/mol. The van der Waals surface area contributed by atoms with Crippen LogP contribution in [0.25, 0.3) is 22.3 Å². The maximum Gasteiger partial charge on any atom is 0.161 e. The minimum absolute atomic E-state index is 0.308. The Kier molecular flexibility index (Phi) is 3.89. The van der Waals surface area contributed by atoms with Gasteiger partial charge in [-0.25, -0.2) is 9.97 Å². The van der Waals surface area contributed by atoms with E-state index in [0.29, 0.717) is 31.9 Å². The number of fused-ring (bicyclic) bond motifs is 1. The molecule has 0 aliphatic carbocycles. The van der Waals surface area contributed by atoms with Crippen LogP contribution >= 0.6 is 34.8 Å². The van der Waals surface area contributed by atoms with Crippen molar-refractivity contribution in [2.75, 3.05) is 7.11 Å². The average molecular weight is 340 g/mol. The van der Waals surface area contributed by atoms with Crippen molar-refractivity contribution >= 4 is 45.7 Å². The summed E-state index contributed by atoms with van der Waals surface area (Å²) in [5.74, 6) is 1.20. The van der Waals surface area contributed by atoms with E-state index in [2.05, 4.69) is 9.97 Å². The van der Waals surface area contributed by atoms with Crippen molar-refractivity contribution in [2.24, 2.45) is 0 Å². The first-order chi connectivity index (χ1) is 10.1. The lowest BCUT2D eigenvalue weighted by molar-refractivity contribution is 0.415. The number of halogens is 3. The Morgan fingerprint density at radius 1 is 1.00 bits per heavy atom. The van der Waals surface area contributed by atoms with Gasteiger partial charge < -0.3 is 4.74 Å². The minimum atomic E-state index is 0.308. The van der Waals surface area contributed by atoms with Gasteiger partial charge in [0.15, 0.2) is 5.82 Å². The second-order valence-electron chi connectivity index (χ2n) is 4.35. The molecule has 3 rings (SSSR count). The van der Waals surface area contributed by atoms with Crippen LogP contribution in [0.3, 0.4) is 0 Å². The lowest BCUT2D eigenvalue weighted by Gasteiger charge is -2.07. The normalized spacial score (nSPS) is 10.9. The molecule has 3 nitrogen and oxygen atoms in total. The van der Waals surface area contributed by atoms with Crippen LogP contribution in [0.1, 0.15) is 0 Å². The van der Waals surface area contributed by atoms with Gasteiger partial charge in [-0.05, 0) is 24.3 Å². The van der Waals surface area contributed by atoms with E-state index in [1.807, 2.05) is 24.3 Å². The van der Waals surface area contributed by atoms with Gasteiger partial charge in [0.2, 0.25) is 0 Å². The van der Waals surface area contributed by atoms with Crippen LogP contribution in [0.15, 0.2) is 36.4 Å². The van der Waals surface area contributed by atoms with Crippen molar-refractivity contribution in [3.63, 3.8) is 0 Å². The molecule has 0 saturated carbocycles. The van der Waals surface area contributed by atoms with Gasteiger partial charge in [-0.2, -0.15) is 0 Å². The summed E-state index contributed by atoms with van der Waals surface area (Å²) in [7, 11) is 1.60. The first-order valence-corrected chi connectivity index (χ1v) is 7.18. The molecule has 0 N–H and O–H groups in total. The van der Waals surface area contributed by atoms with E-state index in [1.165, 1.54) is 0 Å². The first-order valence-electron chi connectivity index (χ1n) is 6.05. The van der Waals surface area contributed by atoms with Gasteiger partial charge in [-0.15, -0.1) is 0 Å². The lowest BCUT2D eigenvalue weighted by Crippen LogP contribution is -1.93. The van der Waals surface area contributed by atoms with Gasteiger partial charge in [0.25, 0.3) is 0 Å².